The lowest BCUT2D eigenvalue weighted by Gasteiger charge is -2.18. The number of carbonyl (C=O) groups excluding carboxylic acids is 1. The molecular weight excluding hydrogens is 281 g/mol. The third kappa shape index (κ3) is 2.82. The molecule has 1 saturated heterocycles. The first kappa shape index (κ1) is 14.6. The zero-order valence-corrected chi connectivity index (χ0v) is 12.5. The van der Waals surface area contributed by atoms with Crippen LogP contribution in [0.5, 0.6) is 0 Å². The number of ether oxygens (including phenoxy) is 1. The first-order valence-electron chi connectivity index (χ1n) is 7.42. The molecule has 1 heterocycles. The van der Waals surface area contributed by atoms with Crippen molar-refractivity contribution in [3.63, 3.8) is 0 Å². The van der Waals surface area contributed by atoms with Gasteiger partial charge in [0, 0.05) is 18.8 Å². The van der Waals surface area contributed by atoms with Crippen LogP contribution in [0, 0.1) is 5.82 Å². The molecule has 0 aromatic heterocycles. The number of hydrogen-bond acceptors (Lipinski definition) is 3. The molecule has 1 aliphatic rings. The van der Waals surface area contributed by atoms with Crippen molar-refractivity contribution in [2.24, 2.45) is 0 Å². The number of esters is 1. The summed E-state index contributed by atoms with van der Waals surface area (Å²) in [6.45, 7) is 2.14. The molecule has 1 fully saturated rings. The predicted octanol–water partition coefficient (Wildman–Crippen LogP) is 3.88. The number of halogens is 1. The topological polar surface area (TPSA) is 29.5 Å². The Morgan fingerprint density at radius 3 is 2.55 bits per heavy atom. The molecule has 0 amide bonds. The number of hydrogen-bond donors (Lipinski definition) is 0. The summed E-state index contributed by atoms with van der Waals surface area (Å²) in [6.07, 6.45) is 2.43. The Morgan fingerprint density at radius 1 is 1.09 bits per heavy atom. The third-order valence-corrected chi connectivity index (χ3v) is 4.02. The van der Waals surface area contributed by atoms with E-state index in [1.54, 1.807) is 12.1 Å². The van der Waals surface area contributed by atoms with Crippen LogP contribution in [0.2, 0.25) is 0 Å². The molecular formula is C18H18FNO2. The first-order valence-corrected chi connectivity index (χ1v) is 7.42. The molecule has 22 heavy (non-hydrogen) atoms. The van der Waals surface area contributed by atoms with E-state index in [4.69, 9.17) is 0 Å². The number of rotatable bonds is 3. The molecule has 0 radical (unpaired) electrons. The lowest BCUT2D eigenvalue weighted by Crippen LogP contribution is -2.17. The number of carbonyl (C=O) groups is 1. The zero-order valence-electron chi connectivity index (χ0n) is 12.5. The summed E-state index contributed by atoms with van der Waals surface area (Å²) < 4.78 is 18.4. The standard InChI is InChI=1S/C18H18FNO2/c1-22-18(21)16-12-14(7-8-17(16)19)13-5-4-6-15(11-13)20-9-2-3-10-20/h4-8,11-12H,2-3,9-10H2,1H3. The van der Waals surface area contributed by atoms with Crippen molar-refractivity contribution in [2.45, 2.75) is 12.8 Å². The van der Waals surface area contributed by atoms with Gasteiger partial charge >= 0.3 is 5.97 Å². The molecule has 0 saturated carbocycles. The molecule has 0 bridgehead atoms. The molecule has 3 rings (SSSR count). The predicted molar refractivity (Wildman–Crippen MR) is 84.6 cm³/mol. The molecule has 0 atom stereocenters. The lowest BCUT2D eigenvalue weighted by atomic mass is 10.0. The van der Waals surface area contributed by atoms with Gasteiger partial charge in [-0.15, -0.1) is 0 Å². The number of nitrogens with zero attached hydrogens (tertiary/aromatic N) is 1. The summed E-state index contributed by atoms with van der Waals surface area (Å²) in [7, 11) is 1.25. The zero-order chi connectivity index (χ0) is 15.5. The molecule has 3 nitrogen and oxygen atoms in total. The van der Waals surface area contributed by atoms with Gasteiger partial charge in [-0.25, -0.2) is 9.18 Å². The van der Waals surface area contributed by atoms with E-state index in [2.05, 4.69) is 21.8 Å². The van der Waals surface area contributed by atoms with Gasteiger partial charge in [0.05, 0.1) is 12.7 Å². The van der Waals surface area contributed by atoms with Crippen molar-refractivity contribution >= 4 is 11.7 Å². The Balaban J connectivity index is 1.97. The van der Waals surface area contributed by atoms with Gasteiger partial charge in [0.1, 0.15) is 5.82 Å². The van der Waals surface area contributed by atoms with Gasteiger partial charge in [-0.3, -0.25) is 0 Å². The summed E-state index contributed by atoms with van der Waals surface area (Å²) in [6, 6.07) is 12.7. The van der Waals surface area contributed by atoms with E-state index in [1.807, 2.05) is 12.1 Å². The largest absolute Gasteiger partial charge is 0.465 e. The third-order valence-electron chi connectivity index (χ3n) is 4.02. The SMILES string of the molecule is COC(=O)c1cc(-c2cccc(N3CCCC3)c2)ccc1F. The molecule has 0 unspecified atom stereocenters. The van der Waals surface area contributed by atoms with Crippen LogP contribution in [0.4, 0.5) is 10.1 Å². The van der Waals surface area contributed by atoms with E-state index in [9.17, 15) is 9.18 Å². The molecule has 4 heteroatoms. The van der Waals surface area contributed by atoms with Crippen molar-refractivity contribution in [1.82, 2.24) is 0 Å². The summed E-state index contributed by atoms with van der Waals surface area (Å²) in [5, 5.41) is 0. The Bertz CT molecular complexity index is 693. The van der Waals surface area contributed by atoms with Gasteiger partial charge in [-0.2, -0.15) is 0 Å². The van der Waals surface area contributed by atoms with E-state index in [0.29, 0.717) is 0 Å². The minimum atomic E-state index is -0.657. The van der Waals surface area contributed by atoms with Gasteiger partial charge in [0.25, 0.3) is 0 Å². The highest BCUT2D eigenvalue weighted by atomic mass is 19.1. The van der Waals surface area contributed by atoms with Crippen LogP contribution >= 0.6 is 0 Å². The van der Waals surface area contributed by atoms with Crippen LogP contribution in [0.15, 0.2) is 42.5 Å². The second-order valence-electron chi connectivity index (χ2n) is 5.43. The van der Waals surface area contributed by atoms with Crippen LogP contribution in [0.1, 0.15) is 23.2 Å². The number of anilines is 1. The van der Waals surface area contributed by atoms with E-state index in [-0.39, 0.29) is 5.56 Å². The fraction of sp³-hybridized carbons (Fsp3) is 0.278. The number of benzene rings is 2. The average Bonchev–Trinajstić information content (AvgIpc) is 3.09. The van der Waals surface area contributed by atoms with Crippen LogP contribution in [-0.2, 0) is 4.74 Å². The highest BCUT2D eigenvalue weighted by Gasteiger charge is 2.15. The fourth-order valence-corrected chi connectivity index (χ4v) is 2.83. The molecule has 0 N–H and O–H groups in total. The Hall–Kier alpha value is -2.36. The smallest absolute Gasteiger partial charge is 0.340 e. The number of methoxy groups -OCH3 is 1. The van der Waals surface area contributed by atoms with E-state index in [0.717, 1.165) is 24.2 Å². The van der Waals surface area contributed by atoms with Crippen molar-refractivity contribution in [3.05, 3.63) is 53.8 Å². The highest BCUT2D eigenvalue weighted by molar-refractivity contribution is 5.91. The summed E-state index contributed by atoms with van der Waals surface area (Å²) in [4.78, 5) is 14.0. The molecule has 2 aromatic rings. The molecule has 114 valence electrons. The monoisotopic (exact) mass is 299 g/mol. The fourth-order valence-electron chi connectivity index (χ4n) is 2.83. The second-order valence-corrected chi connectivity index (χ2v) is 5.43. The maximum absolute atomic E-state index is 13.7. The molecule has 0 aliphatic carbocycles. The molecule has 0 spiro atoms. The van der Waals surface area contributed by atoms with Gasteiger partial charge in [0.15, 0.2) is 0 Å². The maximum atomic E-state index is 13.7. The average molecular weight is 299 g/mol. The Kier molecular flexibility index (Phi) is 4.09. The van der Waals surface area contributed by atoms with Crippen LogP contribution < -0.4 is 4.90 Å². The molecule has 1 aliphatic heterocycles. The van der Waals surface area contributed by atoms with E-state index in [1.165, 1.54) is 31.7 Å². The Morgan fingerprint density at radius 2 is 1.82 bits per heavy atom. The van der Waals surface area contributed by atoms with Crippen molar-refractivity contribution in [3.8, 4) is 11.1 Å². The van der Waals surface area contributed by atoms with E-state index < -0.39 is 11.8 Å². The van der Waals surface area contributed by atoms with Gasteiger partial charge < -0.3 is 9.64 Å². The van der Waals surface area contributed by atoms with Crippen LogP contribution in [0.25, 0.3) is 11.1 Å². The highest BCUT2D eigenvalue weighted by Crippen LogP contribution is 2.28. The van der Waals surface area contributed by atoms with Crippen molar-refractivity contribution < 1.29 is 13.9 Å². The minimum Gasteiger partial charge on any atom is -0.465 e. The van der Waals surface area contributed by atoms with Gasteiger partial charge in [-0.05, 0) is 48.2 Å². The maximum Gasteiger partial charge on any atom is 0.340 e. The summed E-state index contributed by atoms with van der Waals surface area (Å²) >= 11 is 0. The summed E-state index contributed by atoms with van der Waals surface area (Å²) in [5.74, 6) is -1.22. The molecule has 2 aromatic carbocycles. The second kappa shape index (κ2) is 6.18. The van der Waals surface area contributed by atoms with Gasteiger partial charge in [-0.1, -0.05) is 18.2 Å². The van der Waals surface area contributed by atoms with E-state index >= 15 is 0 Å². The first-order chi connectivity index (χ1) is 10.7. The Labute approximate surface area is 129 Å². The van der Waals surface area contributed by atoms with Crippen molar-refractivity contribution in [2.75, 3.05) is 25.1 Å². The normalized spacial score (nSPS) is 14.2. The minimum absolute atomic E-state index is 0.0356. The van der Waals surface area contributed by atoms with Gasteiger partial charge in [0.2, 0.25) is 0 Å². The summed E-state index contributed by atoms with van der Waals surface area (Å²) in [5.41, 5.74) is 2.91. The lowest BCUT2D eigenvalue weighted by molar-refractivity contribution is 0.0595. The van der Waals surface area contributed by atoms with Crippen LogP contribution in [0.3, 0.4) is 0 Å². The quantitative estimate of drug-likeness (QED) is 0.806. The van der Waals surface area contributed by atoms with Crippen LogP contribution in [-0.4, -0.2) is 26.2 Å². The van der Waals surface area contributed by atoms with Crippen molar-refractivity contribution in [1.29, 1.82) is 0 Å².